The van der Waals surface area contributed by atoms with E-state index in [2.05, 4.69) is 0 Å². The fourth-order valence-corrected chi connectivity index (χ4v) is 3.07. The maximum absolute atomic E-state index is 15.3. The van der Waals surface area contributed by atoms with Gasteiger partial charge in [-0.2, -0.15) is 4.39 Å². The first-order valence-corrected chi connectivity index (χ1v) is 8.23. The van der Waals surface area contributed by atoms with Gasteiger partial charge < -0.3 is 4.74 Å². The fourth-order valence-electron chi connectivity index (χ4n) is 2.05. The Hall–Kier alpha value is -1.47. The summed E-state index contributed by atoms with van der Waals surface area (Å²) in [5.74, 6) is -1.03. The molecule has 0 spiro atoms. The second kappa shape index (κ2) is 8.98. The first-order valence-electron chi connectivity index (χ1n) is 7.45. The molecule has 4 nitrogen and oxygen atoms in total. The minimum Gasteiger partial charge on any atom is -0.463 e. The second-order valence-corrected chi connectivity index (χ2v) is 6.11. The molecule has 0 aromatic heterocycles. The average Bonchev–Trinajstić information content (AvgIpc) is 2.53. The zero-order chi connectivity index (χ0) is 17.5. The molecular formula is C16H21F2NO3S. The van der Waals surface area contributed by atoms with Crippen LogP contribution in [0, 0.1) is 0 Å². The molecular weight excluding hydrogens is 324 g/mol. The van der Waals surface area contributed by atoms with E-state index < -0.39 is 23.4 Å². The first-order chi connectivity index (χ1) is 10.9. The van der Waals surface area contributed by atoms with Crippen molar-refractivity contribution in [2.24, 2.45) is 0 Å². The lowest BCUT2D eigenvalue weighted by Crippen LogP contribution is -2.39. The van der Waals surface area contributed by atoms with Crippen molar-refractivity contribution in [3.8, 4) is 0 Å². The van der Waals surface area contributed by atoms with Gasteiger partial charge in [0, 0.05) is 19.5 Å². The monoisotopic (exact) mass is 345 g/mol. The highest BCUT2D eigenvalue weighted by Gasteiger charge is 2.44. The zero-order valence-corrected chi connectivity index (χ0v) is 14.3. The molecule has 0 aliphatic heterocycles. The molecule has 0 N–H and O–H groups in total. The maximum atomic E-state index is 15.3. The Kier molecular flexibility index (Phi) is 7.64. The van der Waals surface area contributed by atoms with Crippen LogP contribution < -0.4 is 0 Å². The van der Waals surface area contributed by atoms with Gasteiger partial charge in [-0.3, -0.25) is 4.79 Å². The van der Waals surface area contributed by atoms with Crippen LogP contribution in [-0.4, -0.2) is 41.0 Å². The Morgan fingerprint density at radius 2 is 1.83 bits per heavy atom. The van der Waals surface area contributed by atoms with E-state index >= 15 is 4.39 Å². The van der Waals surface area contributed by atoms with Crippen molar-refractivity contribution >= 4 is 24.0 Å². The number of carbonyl (C=O) groups excluding carboxylic acids is 2. The van der Waals surface area contributed by atoms with Crippen molar-refractivity contribution in [1.82, 2.24) is 4.31 Å². The third-order valence-corrected chi connectivity index (χ3v) is 4.58. The largest absolute Gasteiger partial charge is 0.463 e. The van der Waals surface area contributed by atoms with Crippen molar-refractivity contribution in [2.45, 2.75) is 32.2 Å². The predicted octanol–water partition coefficient (Wildman–Crippen LogP) is 3.56. The summed E-state index contributed by atoms with van der Waals surface area (Å²) in [5, 5.41) is -2.42. The van der Waals surface area contributed by atoms with E-state index in [0.717, 1.165) is 0 Å². The average molecular weight is 345 g/mol. The van der Waals surface area contributed by atoms with Crippen LogP contribution in [0.1, 0.15) is 36.7 Å². The number of esters is 1. The van der Waals surface area contributed by atoms with Gasteiger partial charge in [-0.25, -0.2) is 13.5 Å². The quantitative estimate of drug-likeness (QED) is 0.389. The van der Waals surface area contributed by atoms with Gasteiger partial charge >= 0.3 is 12.0 Å². The summed E-state index contributed by atoms with van der Waals surface area (Å²) >= 11 is 0.714. The Morgan fingerprint density at radius 1 is 1.22 bits per heavy atom. The Bertz CT molecular complexity index is 552. The van der Waals surface area contributed by atoms with Crippen LogP contribution in [-0.2, 0) is 16.0 Å². The Balaban J connectivity index is 3.15. The zero-order valence-electron chi connectivity index (χ0n) is 13.5. The minimum atomic E-state index is -2.42. The van der Waals surface area contributed by atoms with Gasteiger partial charge in [0.25, 0.3) is 5.00 Å². The van der Waals surface area contributed by atoms with E-state index in [-0.39, 0.29) is 17.7 Å². The molecule has 1 aromatic rings. The summed E-state index contributed by atoms with van der Waals surface area (Å²) in [4.78, 5) is 23.2. The first kappa shape index (κ1) is 19.6. The molecule has 1 atom stereocenters. The third-order valence-electron chi connectivity index (χ3n) is 3.21. The van der Waals surface area contributed by atoms with Crippen LogP contribution in [0.3, 0.4) is 0 Å². The summed E-state index contributed by atoms with van der Waals surface area (Å²) in [7, 11) is 0. The van der Waals surface area contributed by atoms with Gasteiger partial charge in [0.05, 0.1) is 12.2 Å². The summed E-state index contributed by atoms with van der Waals surface area (Å²) in [5.41, 5.74) is -0.103. The van der Waals surface area contributed by atoms with Crippen LogP contribution in [0.25, 0.3) is 0 Å². The van der Waals surface area contributed by atoms with Crippen LogP contribution in [0.5, 0.6) is 0 Å². The topological polar surface area (TPSA) is 46.6 Å². The molecule has 128 valence electrons. The molecule has 0 bridgehead atoms. The molecule has 1 unspecified atom stereocenters. The van der Waals surface area contributed by atoms with Gasteiger partial charge in [-0.1, -0.05) is 32.0 Å². The van der Waals surface area contributed by atoms with Gasteiger partial charge in [0.2, 0.25) is 0 Å². The highest BCUT2D eigenvalue weighted by atomic mass is 32.2. The molecule has 1 aromatic carbocycles. The number of benzene rings is 1. The van der Waals surface area contributed by atoms with E-state index in [4.69, 9.17) is 4.74 Å². The second-order valence-electron chi connectivity index (χ2n) is 4.76. The highest BCUT2D eigenvalue weighted by molar-refractivity contribution is 7.99. The van der Waals surface area contributed by atoms with Crippen molar-refractivity contribution in [3.05, 3.63) is 35.4 Å². The van der Waals surface area contributed by atoms with Crippen LogP contribution in [0.2, 0.25) is 0 Å². The van der Waals surface area contributed by atoms with E-state index in [1.54, 1.807) is 17.3 Å². The molecule has 1 rings (SSSR count). The van der Waals surface area contributed by atoms with Gasteiger partial charge in [-0.05, 0) is 30.5 Å². The molecule has 23 heavy (non-hydrogen) atoms. The smallest absolute Gasteiger partial charge is 0.356 e. The van der Waals surface area contributed by atoms with Crippen molar-refractivity contribution in [3.63, 3.8) is 0 Å². The summed E-state index contributed by atoms with van der Waals surface area (Å²) in [6, 6.07) is 4.10. The van der Waals surface area contributed by atoms with Crippen molar-refractivity contribution < 1.29 is 23.1 Å². The summed E-state index contributed by atoms with van der Waals surface area (Å²) in [6.45, 7) is 6.33. The highest BCUT2D eigenvalue weighted by Crippen LogP contribution is 2.36. The number of alkyl halides is 1. The normalized spacial score (nSPS) is 13.7. The number of rotatable bonds is 9. The molecule has 0 saturated heterocycles. The molecule has 0 fully saturated rings. The van der Waals surface area contributed by atoms with E-state index in [0.29, 0.717) is 25.0 Å². The van der Waals surface area contributed by atoms with Crippen molar-refractivity contribution in [2.75, 3.05) is 19.7 Å². The summed E-state index contributed by atoms with van der Waals surface area (Å²) < 4.78 is 35.0. The molecule has 0 amide bonds. The van der Waals surface area contributed by atoms with Gasteiger partial charge in [0.15, 0.2) is 0 Å². The molecule has 0 radical (unpaired) electrons. The maximum Gasteiger partial charge on any atom is 0.356 e. The number of hydrogen-bond acceptors (Lipinski definition) is 5. The Morgan fingerprint density at radius 3 is 2.35 bits per heavy atom. The van der Waals surface area contributed by atoms with Crippen LogP contribution in [0.4, 0.5) is 8.78 Å². The third kappa shape index (κ3) is 5.28. The number of carbonyl (C=O) groups is 2. The minimum absolute atomic E-state index is 0.0347. The number of halogens is 2. The van der Waals surface area contributed by atoms with E-state index in [9.17, 15) is 14.0 Å². The standard InChI is InChI=1S/C16H21F2NO3S/c1-4-19(5-2)23-16(18,15(21)22-6-3)11-12-9-7-8-10-13(12)14(17)20/h7-10H,4-6,11H2,1-3H3. The molecule has 0 saturated carbocycles. The van der Waals surface area contributed by atoms with E-state index in [1.807, 2.05) is 13.8 Å². The van der Waals surface area contributed by atoms with Crippen molar-refractivity contribution in [1.29, 1.82) is 0 Å². The number of hydrogen-bond donors (Lipinski definition) is 0. The lowest BCUT2D eigenvalue weighted by atomic mass is 10.0. The van der Waals surface area contributed by atoms with E-state index in [1.165, 1.54) is 18.2 Å². The molecule has 0 aliphatic carbocycles. The van der Waals surface area contributed by atoms with Crippen LogP contribution >= 0.6 is 11.9 Å². The molecule has 7 heteroatoms. The van der Waals surface area contributed by atoms with Gasteiger partial charge in [-0.15, -0.1) is 0 Å². The SMILES string of the molecule is CCOC(=O)C(F)(Cc1ccccc1C(=O)F)SN(CC)CC. The Labute approximate surface area is 139 Å². The lowest BCUT2D eigenvalue weighted by molar-refractivity contribution is -0.151. The molecule has 0 heterocycles. The summed E-state index contributed by atoms with van der Waals surface area (Å²) in [6.07, 6.45) is -0.446. The predicted molar refractivity (Wildman–Crippen MR) is 86.6 cm³/mol. The van der Waals surface area contributed by atoms with Crippen LogP contribution in [0.15, 0.2) is 24.3 Å². The number of nitrogens with zero attached hydrogens (tertiary/aromatic N) is 1. The lowest BCUT2D eigenvalue weighted by Gasteiger charge is -2.28. The fraction of sp³-hybridized carbons (Fsp3) is 0.500. The number of ether oxygens (including phenoxy) is 1. The van der Waals surface area contributed by atoms with Gasteiger partial charge in [0.1, 0.15) is 0 Å². The molecule has 0 aliphatic rings.